The van der Waals surface area contributed by atoms with E-state index in [0.29, 0.717) is 0 Å². The molecule has 0 atom stereocenters. The summed E-state index contributed by atoms with van der Waals surface area (Å²) in [6, 6.07) is 0. The van der Waals surface area contributed by atoms with Gasteiger partial charge in [-0.25, -0.2) is 0 Å². The van der Waals surface area contributed by atoms with Gasteiger partial charge in [-0.2, -0.15) is 0 Å². The van der Waals surface area contributed by atoms with Crippen molar-refractivity contribution in [2.24, 2.45) is 0 Å². The van der Waals surface area contributed by atoms with Crippen LogP contribution in [0, 0.1) is 0 Å². The zero-order chi connectivity index (χ0) is 4.95. The molecule has 0 unspecified atom stereocenters. The van der Waals surface area contributed by atoms with Crippen LogP contribution in [0.5, 0.6) is 0 Å². The summed E-state index contributed by atoms with van der Waals surface area (Å²) >= 11 is 0. The maximum atomic E-state index is 2.92. The Balaban J connectivity index is 2.71. The van der Waals surface area contributed by atoms with E-state index in [0.717, 1.165) is 0 Å². The Kier molecular flexibility index (Phi) is 1.57. The van der Waals surface area contributed by atoms with Crippen molar-refractivity contribution in [1.29, 1.82) is 0 Å². The van der Waals surface area contributed by atoms with E-state index in [9.17, 15) is 0 Å². The maximum Gasteiger partial charge on any atom is -0.0265 e. The van der Waals surface area contributed by atoms with E-state index in [1.165, 1.54) is 19.3 Å². The first-order chi connectivity index (χ1) is 3.50. The zero-order valence-electron chi connectivity index (χ0n) is 4.28. The van der Waals surface area contributed by atoms with Crippen molar-refractivity contribution < 1.29 is 0 Å². The Morgan fingerprint density at radius 3 is 2.14 bits per heavy atom. The van der Waals surface area contributed by atoms with Crippen LogP contribution in [0.1, 0.15) is 19.3 Å². The lowest BCUT2D eigenvalue weighted by atomic mass is 10.2. The zero-order valence-corrected chi connectivity index (χ0v) is 4.28. The van der Waals surface area contributed by atoms with Crippen LogP contribution in [0.25, 0.3) is 0 Å². The SMILES string of the molecule is C1=C=CCCCC=1. The van der Waals surface area contributed by atoms with Crippen molar-refractivity contribution in [2.45, 2.75) is 19.3 Å². The Labute approximate surface area is 43.9 Å². The minimum atomic E-state index is 1.17. The smallest absolute Gasteiger partial charge is 0.0265 e. The van der Waals surface area contributed by atoms with E-state index < -0.39 is 0 Å². The van der Waals surface area contributed by atoms with Gasteiger partial charge in [0.1, 0.15) is 0 Å². The van der Waals surface area contributed by atoms with E-state index in [4.69, 9.17) is 0 Å². The number of hydrogen-bond acceptors (Lipinski definition) is 0. The predicted octanol–water partition coefficient (Wildman–Crippen LogP) is 2.04. The van der Waals surface area contributed by atoms with E-state index >= 15 is 0 Å². The van der Waals surface area contributed by atoms with Gasteiger partial charge in [-0.1, -0.05) is 11.5 Å². The Bertz CT molecular complexity index is 114. The molecule has 1 rings (SSSR count). The Hall–Kier alpha value is -0.700. The summed E-state index contributed by atoms with van der Waals surface area (Å²) in [4.78, 5) is 0. The van der Waals surface area contributed by atoms with E-state index in [2.05, 4.69) is 11.5 Å². The van der Waals surface area contributed by atoms with Crippen molar-refractivity contribution in [1.82, 2.24) is 0 Å². The Morgan fingerprint density at radius 1 is 1.00 bits per heavy atom. The lowest BCUT2D eigenvalue weighted by Gasteiger charge is -1.80. The molecule has 0 heterocycles. The summed E-state index contributed by atoms with van der Waals surface area (Å²) < 4.78 is 0. The van der Waals surface area contributed by atoms with Crippen LogP contribution in [0.4, 0.5) is 0 Å². The van der Waals surface area contributed by atoms with Gasteiger partial charge in [0.25, 0.3) is 0 Å². The third kappa shape index (κ3) is 1.45. The van der Waals surface area contributed by atoms with Gasteiger partial charge in [0.05, 0.1) is 0 Å². The van der Waals surface area contributed by atoms with Crippen LogP contribution in [-0.4, -0.2) is 0 Å². The topological polar surface area (TPSA) is 0 Å². The van der Waals surface area contributed by atoms with E-state index in [1.807, 2.05) is 12.2 Å². The summed E-state index contributed by atoms with van der Waals surface area (Å²) in [6.45, 7) is 0. The quantitative estimate of drug-likeness (QED) is 0.401. The standard InChI is InChI=1S/C7H8/c1-2-4-6-7-5-3-1/h1,7H,2,4,6H2. The summed E-state index contributed by atoms with van der Waals surface area (Å²) in [6.07, 6.45) is 7.67. The first-order valence-corrected chi connectivity index (χ1v) is 2.64. The highest BCUT2D eigenvalue weighted by molar-refractivity contribution is 4.90. The second-order valence-electron chi connectivity index (χ2n) is 1.63. The van der Waals surface area contributed by atoms with Crippen LogP contribution in [0.15, 0.2) is 23.6 Å². The van der Waals surface area contributed by atoms with Gasteiger partial charge in [-0.05, 0) is 31.4 Å². The fourth-order valence-corrected chi connectivity index (χ4v) is 0.584. The van der Waals surface area contributed by atoms with Gasteiger partial charge in [0.2, 0.25) is 0 Å². The summed E-state index contributed by atoms with van der Waals surface area (Å²) in [5.74, 6) is 0. The second-order valence-corrected chi connectivity index (χ2v) is 1.63. The molecule has 7 heavy (non-hydrogen) atoms. The molecular weight excluding hydrogens is 84.1 g/mol. The summed E-state index contributed by atoms with van der Waals surface area (Å²) in [7, 11) is 0. The van der Waals surface area contributed by atoms with Gasteiger partial charge >= 0.3 is 0 Å². The third-order valence-electron chi connectivity index (χ3n) is 0.984. The summed E-state index contributed by atoms with van der Waals surface area (Å²) in [5.41, 5.74) is 5.83. The molecule has 0 amide bonds. The molecule has 0 saturated heterocycles. The molecule has 36 valence electrons. The van der Waals surface area contributed by atoms with E-state index in [1.54, 1.807) is 0 Å². The van der Waals surface area contributed by atoms with Crippen molar-refractivity contribution in [2.75, 3.05) is 0 Å². The number of hydrogen-bond donors (Lipinski definition) is 0. The lowest BCUT2D eigenvalue weighted by Crippen LogP contribution is -1.62. The fourth-order valence-electron chi connectivity index (χ4n) is 0.584. The van der Waals surface area contributed by atoms with Crippen LogP contribution in [0.3, 0.4) is 0 Å². The van der Waals surface area contributed by atoms with Crippen molar-refractivity contribution in [3.63, 3.8) is 0 Å². The highest BCUT2D eigenvalue weighted by Gasteiger charge is 1.79. The molecule has 0 aromatic carbocycles. The highest BCUT2D eigenvalue weighted by atomic mass is 13.8. The van der Waals surface area contributed by atoms with Gasteiger partial charge in [0, 0.05) is 0 Å². The Morgan fingerprint density at radius 2 is 1.57 bits per heavy atom. The molecule has 0 heteroatoms. The number of allylic oxidation sites excluding steroid dienone is 2. The van der Waals surface area contributed by atoms with Crippen LogP contribution >= 0.6 is 0 Å². The van der Waals surface area contributed by atoms with Crippen LogP contribution < -0.4 is 0 Å². The third-order valence-corrected chi connectivity index (χ3v) is 0.984. The monoisotopic (exact) mass is 92.1 g/mol. The molecule has 0 N–H and O–H groups in total. The average molecular weight is 92.1 g/mol. The molecule has 1 aliphatic rings. The van der Waals surface area contributed by atoms with Crippen LogP contribution in [-0.2, 0) is 0 Å². The fraction of sp³-hybridized carbons (Fsp3) is 0.429. The minimum Gasteiger partial charge on any atom is -0.0750 e. The van der Waals surface area contributed by atoms with Crippen molar-refractivity contribution in [3.8, 4) is 0 Å². The molecule has 0 saturated carbocycles. The van der Waals surface area contributed by atoms with Gasteiger partial charge < -0.3 is 0 Å². The van der Waals surface area contributed by atoms with Crippen LogP contribution in [0.2, 0.25) is 0 Å². The first-order valence-electron chi connectivity index (χ1n) is 2.64. The van der Waals surface area contributed by atoms with E-state index in [-0.39, 0.29) is 0 Å². The van der Waals surface area contributed by atoms with Gasteiger partial charge in [-0.3, -0.25) is 0 Å². The first kappa shape index (κ1) is 4.46. The molecule has 0 aliphatic heterocycles. The molecule has 0 bridgehead atoms. The summed E-state index contributed by atoms with van der Waals surface area (Å²) in [5, 5.41) is 0. The molecule has 0 aromatic heterocycles. The predicted molar refractivity (Wildman–Crippen MR) is 30.0 cm³/mol. The normalized spacial score (nSPS) is 17.1. The molecular formula is C7H8. The molecule has 0 radical (unpaired) electrons. The van der Waals surface area contributed by atoms with Crippen molar-refractivity contribution >= 4 is 0 Å². The molecule has 0 aromatic rings. The molecule has 0 spiro atoms. The molecule has 0 nitrogen and oxygen atoms in total. The lowest BCUT2D eigenvalue weighted by molar-refractivity contribution is 0.875. The molecule has 0 fully saturated rings. The minimum absolute atomic E-state index is 1.17. The largest absolute Gasteiger partial charge is 0.0750 e. The highest BCUT2D eigenvalue weighted by Crippen LogP contribution is 1.97. The van der Waals surface area contributed by atoms with Gasteiger partial charge in [0.15, 0.2) is 0 Å². The second kappa shape index (κ2) is 2.47. The van der Waals surface area contributed by atoms with Crippen molar-refractivity contribution in [3.05, 3.63) is 23.6 Å². The molecule has 1 aliphatic carbocycles. The average Bonchev–Trinajstić information content (AvgIpc) is 1.90. The number of rotatable bonds is 0. The maximum absolute atomic E-state index is 2.92. The van der Waals surface area contributed by atoms with Gasteiger partial charge in [-0.15, -0.1) is 0 Å².